The molecule has 2 unspecified atom stereocenters. The van der Waals surface area contributed by atoms with Gasteiger partial charge in [-0.3, -0.25) is 0 Å². The molecule has 11 heavy (non-hydrogen) atoms. The Kier molecular flexibility index (Phi) is 3.48. The lowest BCUT2D eigenvalue weighted by molar-refractivity contribution is 0.117. The summed E-state index contributed by atoms with van der Waals surface area (Å²) in [5.41, 5.74) is 0. The summed E-state index contributed by atoms with van der Waals surface area (Å²) >= 11 is 5.15. The Hall–Kier alpha value is 0.0700. The van der Waals surface area contributed by atoms with E-state index < -0.39 is 0 Å². The smallest absolute Gasteiger partial charge is 0.109 e. The number of hydrogen-bond donors (Lipinski definition) is 0. The van der Waals surface area contributed by atoms with Crippen LogP contribution in [0.5, 0.6) is 0 Å². The summed E-state index contributed by atoms with van der Waals surface area (Å²) in [5.74, 6) is 0. The van der Waals surface area contributed by atoms with E-state index in [-0.39, 0.29) is 10.9 Å². The molecule has 0 saturated carbocycles. The lowest BCUT2D eigenvalue weighted by Crippen LogP contribution is -2.11. The van der Waals surface area contributed by atoms with Crippen molar-refractivity contribution in [3.8, 4) is 0 Å². The van der Waals surface area contributed by atoms with Gasteiger partial charge in [-0.05, 0) is 6.92 Å². The monoisotopic (exact) mass is 235 g/mol. The lowest BCUT2D eigenvalue weighted by Gasteiger charge is -2.13. The molecule has 0 aliphatic rings. The van der Waals surface area contributed by atoms with Gasteiger partial charge in [0.15, 0.2) is 0 Å². The van der Waals surface area contributed by atoms with Gasteiger partial charge in [0, 0.05) is 18.7 Å². The van der Waals surface area contributed by atoms with Crippen LogP contribution in [-0.4, -0.2) is 18.2 Å². The second kappa shape index (κ2) is 4.18. The summed E-state index contributed by atoms with van der Waals surface area (Å²) < 4.78 is 5.16. The Balaban J connectivity index is 2.62. The number of thiazole rings is 1. The van der Waals surface area contributed by atoms with E-state index in [2.05, 4.69) is 20.9 Å². The van der Waals surface area contributed by atoms with Crippen molar-refractivity contribution < 1.29 is 4.74 Å². The van der Waals surface area contributed by atoms with Gasteiger partial charge in [-0.25, -0.2) is 4.98 Å². The quantitative estimate of drug-likeness (QED) is 0.752. The van der Waals surface area contributed by atoms with Crippen molar-refractivity contribution in [3.63, 3.8) is 0 Å². The Morgan fingerprint density at radius 3 is 2.91 bits per heavy atom. The summed E-state index contributed by atoms with van der Waals surface area (Å²) in [7, 11) is 1.70. The highest BCUT2D eigenvalue weighted by molar-refractivity contribution is 9.09. The molecule has 0 fully saturated rings. The van der Waals surface area contributed by atoms with Gasteiger partial charge in [-0.1, -0.05) is 15.9 Å². The summed E-state index contributed by atoms with van der Waals surface area (Å²) in [5, 5.41) is 3.03. The molecule has 0 bridgehead atoms. The van der Waals surface area contributed by atoms with Crippen molar-refractivity contribution in [1.29, 1.82) is 0 Å². The maximum Gasteiger partial charge on any atom is 0.109 e. The second-order valence-electron chi connectivity index (χ2n) is 2.21. The van der Waals surface area contributed by atoms with E-state index in [1.165, 1.54) is 0 Å². The SMILES string of the molecule is COC(C)C(Br)c1nccs1. The van der Waals surface area contributed by atoms with Gasteiger partial charge < -0.3 is 4.74 Å². The fourth-order valence-electron chi connectivity index (χ4n) is 0.691. The van der Waals surface area contributed by atoms with Crippen LogP contribution < -0.4 is 0 Å². The Bertz CT molecular complexity index is 202. The Morgan fingerprint density at radius 1 is 1.73 bits per heavy atom. The largest absolute Gasteiger partial charge is 0.380 e. The Labute approximate surface area is 78.7 Å². The fourth-order valence-corrected chi connectivity index (χ4v) is 2.05. The topological polar surface area (TPSA) is 22.1 Å². The molecule has 0 saturated heterocycles. The van der Waals surface area contributed by atoms with E-state index in [4.69, 9.17) is 4.74 Å². The average Bonchev–Trinajstić information content (AvgIpc) is 2.53. The molecule has 0 radical (unpaired) electrons. The molecule has 0 aromatic carbocycles. The van der Waals surface area contributed by atoms with Gasteiger partial charge in [0.1, 0.15) is 5.01 Å². The molecule has 0 aliphatic carbocycles. The third-order valence-electron chi connectivity index (χ3n) is 1.47. The van der Waals surface area contributed by atoms with Crippen LogP contribution in [0.2, 0.25) is 0 Å². The summed E-state index contributed by atoms with van der Waals surface area (Å²) in [6, 6.07) is 0. The van der Waals surface area contributed by atoms with Gasteiger partial charge in [-0.2, -0.15) is 0 Å². The number of ether oxygens (including phenoxy) is 1. The fraction of sp³-hybridized carbons (Fsp3) is 0.571. The maximum absolute atomic E-state index is 5.16. The third-order valence-corrected chi connectivity index (χ3v) is 3.81. The third kappa shape index (κ3) is 2.25. The number of methoxy groups -OCH3 is 1. The molecule has 1 aromatic heterocycles. The van der Waals surface area contributed by atoms with Crippen LogP contribution in [0.15, 0.2) is 11.6 Å². The molecule has 1 heterocycles. The molecule has 0 N–H and O–H groups in total. The van der Waals surface area contributed by atoms with Crippen molar-refractivity contribution >= 4 is 27.3 Å². The van der Waals surface area contributed by atoms with Crippen LogP contribution in [0, 0.1) is 0 Å². The molecule has 1 rings (SSSR count). The van der Waals surface area contributed by atoms with Crippen LogP contribution in [0.1, 0.15) is 16.8 Å². The molecule has 2 atom stereocenters. The molecule has 62 valence electrons. The van der Waals surface area contributed by atoms with E-state index in [0.29, 0.717) is 0 Å². The normalized spacial score (nSPS) is 16.3. The number of alkyl halides is 1. The van der Waals surface area contributed by atoms with Gasteiger partial charge in [0.2, 0.25) is 0 Å². The Morgan fingerprint density at radius 2 is 2.45 bits per heavy atom. The zero-order chi connectivity index (χ0) is 8.27. The van der Waals surface area contributed by atoms with Crippen LogP contribution in [-0.2, 0) is 4.74 Å². The average molecular weight is 236 g/mol. The molecule has 0 aliphatic heterocycles. The van der Waals surface area contributed by atoms with E-state index in [1.807, 2.05) is 12.3 Å². The number of aromatic nitrogens is 1. The van der Waals surface area contributed by atoms with Gasteiger partial charge in [0.25, 0.3) is 0 Å². The first-order valence-corrected chi connectivity index (χ1v) is 5.11. The number of hydrogen-bond acceptors (Lipinski definition) is 3. The van der Waals surface area contributed by atoms with Crippen molar-refractivity contribution in [2.75, 3.05) is 7.11 Å². The number of rotatable bonds is 3. The van der Waals surface area contributed by atoms with Crippen molar-refractivity contribution in [1.82, 2.24) is 4.98 Å². The first kappa shape index (κ1) is 9.16. The highest BCUT2D eigenvalue weighted by Gasteiger charge is 2.17. The van der Waals surface area contributed by atoms with E-state index >= 15 is 0 Å². The summed E-state index contributed by atoms with van der Waals surface area (Å²) in [6.07, 6.45) is 1.97. The van der Waals surface area contributed by atoms with Crippen molar-refractivity contribution in [2.24, 2.45) is 0 Å². The van der Waals surface area contributed by atoms with Crippen molar-refractivity contribution in [3.05, 3.63) is 16.6 Å². The van der Waals surface area contributed by atoms with E-state index in [0.717, 1.165) is 5.01 Å². The van der Waals surface area contributed by atoms with Crippen LogP contribution in [0.25, 0.3) is 0 Å². The van der Waals surface area contributed by atoms with Crippen LogP contribution >= 0.6 is 27.3 Å². The molecular formula is C7H10BrNOS. The van der Waals surface area contributed by atoms with Crippen molar-refractivity contribution in [2.45, 2.75) is 17.9 Å². The second-order valence-corrected chi connectivity index (χ2v) is 4.13. The van der Waals surface area contributed by atoms with Gasteiger partial charge in [0.05, 0.1) is 10.9 Å². The number of nitrogens with zero attached hydrogens (tertiary/aromatic N) is 1. The first-order chi connectivity index (χ1) is 5.25. The van der Waals surface area contributed by atoms with Crippen LogP contribution in [0.4, 0.5) is 0 Å². The molecule has 2 nitrogen and oxygen atoms in total. The van der Waals surface area contributed by atoms with Gasteiger partial charge >= 0.3 is 0 Å². The zero-order valence-corrected chi connectivity index (χ0v) is 8.85. The molecule has 1 aromatic rings. The highest BCUT2D eigenvalue weighted by Crippen LogP contribution is 2.28. The lowest BCUT2D eigenvalue weighted by atomic mass is 10.3. The molecule has 0 amide bonds. The maximum atomic E-state index is 5.16. The molecular weight excluding hydrogens is 226 g/mol. The predicted molar refractivity (Wildman–Crippen MR) is 50.3 cm³/mol. The standard InChI is InChI=1S/C7H10BrNOS/c1-5(10-2)6(8)7-9-3-4-11-7/h3-6H,1-2H3. The number of halogens is 1. The minimum atomic E-state index is 0.168. The summed E-state index contributed by atoms with van der Waals surface area (Å²) in [4.78, 5) is 4.39. The van der Waals surface area contributed by atoms with Crippen LogP contribution in [0.3, 0.4) is 0 Å². The van der Waals surface area contributed by atoms with Gasteiger partial charge in [-0.15, -0.1) is 11.3 Å². The minimum absolute atomic E-state index is 0.168. The predicted octanol–water partition coefficient (Wildman–Crippen LogP) is 2.61. The zero-order valence-electron chi connectivity index (χ0n) is 6.45. The summed E-state index contributed by atoms with van der Waals surface area (Å²) in [6.45, 7) is 2.01. The first-order valence-electron chi connectivity index (χ1n) is 3.32. The van der Waals surface area contributed by atoms with E-state index in [9.17, 15) is 0 Å². The minimum Gasteiger partial charge on any atom is -0.380 e. The molecule has 0 spiro atoms. The van der Waals surface area contributed by atoms with E-state index in [1.54, 1.807) is 24.6 Å². The molecule has 4 heteroatoms. The highest BCUT2D eigenvalue weighted by atomic mass is 79.9.